The van der Waals surface area contributed by atoms with Crippen LogP contribution in [0.1, 0.15) is 30.4 Å². The van der Waals surface area contributed by atoms with Crippen molar-refractivity contribution in [2.75, 3.05) is 32.0 Å². The molecular weight excluding hydrogens is 504 g/mol. The molecule has 6 rings (SSSR count). The van der Waals surface area contributed by atoms with Crippen LogP contribution in [0.3, 0.4) is 0 Å². The van der Waals surface area contributed by atoms with Crippen molar-refractivity contribution in [3.05, 3.63) is 70.3 Å². The van der Waals surface area contributed by atoms with Crippen LogP contribution in [0.15, 0.2) is 59.2 Å². The molecule has 6 bridgehead atoms. The first-order chi connectivity index (χ1) is 17.0. The normalized spacial score (nSPS) is 19.9. The third kappa shape index (κ3) is 6.07. The van der Waals surface area contributed by atoms with Crippen molar-refractivity contribution in [2.24, 2.45) is 0 Å². The molecule has 1 saturated heterocycles. The van der Waals surface area contributed by atoms with Crippen LogP contribution in [0.25, 0.3) is 11.3 Å². The molecule has 1 atom stereocenters. The number of fused-ring (bicyclic) bond motifs is 8. The molecule has 0 unspecified atom stereocenters. The molecule has 1 fully saturated rings. The molecule has 3 aromatic rings. The second kappa shape index (κ2) is 10.8. The van der Waals surface area contributed by atoms with Gasteiger partial charge in [0.15, 0.2) is 0 Å². The van der Waals surface area contributed by atoms with Crippen molar-refractivity contribution in [2.45, 2.75) is 38.4 Å². The maximum absolute atomic E-state index is 13.0. The topological polar surface area (TPSA) is 73.4 Å². The maximum Gasteiger partial charge on any atom is 0.237 e. The molecule has 0 radical (unpaired) electrons. The van der Waals surface area contributed by atoms with Gasteiger partial charge in [-0.25, -0.2) is 9.97 Å². The lowest BCUT2D eigenvalue weighted by Crippen LogP contribution is -2.43. The third-order valence-electron chi connectivity index (χ3n) is 6.64. The van der Waals surface area contributed by atoms with Gasteiger partial charge in [0.25, 0.3) is 0 Å². The summed E-state index contributed by atoms with van der Waals surface area (Å²) in [6, 6.07) is 16.6. The van der Waals surface area contributed by atoms with E-state index in [1.807, 2.05) is 12.1 Å². The van der Waals surface area contributed by atoms with Crippen molar-refractivity contribution in [3.63, 3.8) is 0 Å². The first kappa shape index (κ1) is 23.9. The number of nitrogens with zero attached hydrogens (tertiary/aromatic N) is 4. The molecule has 7 nitrogen and oxygen atoms in total. The standard InChI is InChI=1S/C27H31BrN6O/c1-33-12-3-10-29-26(35)25-4-2-13-34(25)18-20-14-22(28)16-23(15-20)31-27-30-11-9-24(32-27)21-7-5-19(17-33)6-8-21/h5-9,11,14-16,25H,2-4,10,12-13,17-18H2,1H3,(H,29,35)(H,30,31,32)/t25-/m0/s1. The minimum atomic E-state index is -0.0736. The molecule has 0 aliphatic carbocycles. The fourth-order valence-corrected chi connectivity index (χ4v) is 5.46. The monoisotopic (exact) mass is 534 g/mol. The molecule has 4 heterocycles. The molecule has 35 heavy (non-hydrogen) atoms. The van der Waals surface area contributed by atoms with E-state index in [4.69, 9.17) is 4.98 Å². The van der Waals surface area contributed by atoms with Crippen LogP contribution in [0.4, 0.5) is 11.6 Å². The van der Waals surface area contributed by atoms with Gasteiger partial charge in [0.2, 0.25) is 11.9 Å². The summed E-state index contributed by atoms with van der Waals surface area (Å²) in [6.07, 6.45) is 4.66. The second-order valence-electron chi connectivity index (χ2n) is 9.45. The van der Waals surface area contributed by atoms with Crippen LogP contribution >= 0.6 is 15.9 Å². The van der Waals surface area contributed by atoms with Crippen LogP contribution < -0.4 is 10.6 Å². The van der Waals surface area contributed by atoms with Crippen LogP contribution in [0.5, 0.6) is 0 Å². The summed E-state index contributed by atoms with van der Waals surface area (Å²) in [5.74, 6) is 0.699. The first-order valence-corrected chi connectivity index (χ1v) is 13.0. The highest BCUT2D eigenvalue weighted by Gasteiger charge is 2.30. The number of rotatable bonds is 0. The molecule has 1 amide bonds. The number of nitrogens with one attached hydrogen (secondary N) is 2. The molecule has 3 aliphatic heterocycles. The molecule has 2 aromatic carbocycles. The van der Waals surface area contributed by atoms with Crippen LogP contribution in [-0.4, -0.2) is 58.4 Å². The quantitative estimate of drug-likeness (QED) is 0.440. The molecule has 2 N–H and O–H groups in total. The summed E-state index contributed by atoms with van der Waals surface area (Å²) in [5.41, 5.74) is 5.25. The average Bonchev–Trinajstić information content (AvgIpc) is 3.29. The van der Waals surface area contributed by atoms with Crippen LogP contribution in [-0.2, 0) is 17.9 Å². The summed E-state index contributed by atoms with van der Waals surface area (Å²) >= 11 is 3.65. The Morgan fingerprint density at radius 1 is 1.00 bits per heavy atom. The summed E-state index contributed by atoms with van der Waals surface area (Å²) < 4.78 is 0.979. The van der Waals surface area contributed by atoms with Crippen molar-refractivity contribution in [1.82, 2.24) is 25.1 Å². The van der Waals surface area contributed by atoms with Gasteiger partial charge in [0, 0.05) is 41.6 Å². The highest BCUT2D eigenvalue weighted by Crippen LogP contribution is 2.27. The average molecular weight is 535 g/mol. The third-order valence-corrected chi connectivity index (χ3v) is 7.10. The largest absolute Gasteiger partial charge is 0.355 e. The number of hydrogen-bond acceptors (Lipinski definition) is 6. The molecule has 8 heteroatoms. The summed E-state index contributed by atoms with van der Waals surface area (Å²) in [6.45, 7) is 4.15. The minimum absolute atomic E-state index is 0.0736. The smallest absolute Gasteiger partial charge is 0.237 e. The zero-order valence-corrected chi connectivity index (χ0v) is 21.6. The molecule has 0 saturated carbocycles. The SMILES string of the molecule is CN1CCCNC(=O)[C@@H]2CCCN2Cc2cc(Br)cc(c2)Nc2nccc(n2)-c2ccc(cc2)C1. The Hall–Kier alpha value is -2.81. The Balaban J connectivity index is 1.45. The number of halogens is 1. The number of hydrogen-bond donors (Lipinski definition) is 2. The highest BCUT2D eigenvalue weighted by atomic mass is 79.9. The number of amides is 1. The number of benzene rings is 2. The van der Waals surface area contributed by atoms with Crippen molar-refractivity contribution < 1.29 is 4.79 Å². The van der Waals surface area contributed by atoms with E-state index in [1.54, 1.807) is 6.20 Å². The van der Waals surface area contributed by atoms with Crippen molar-refractivity contribution >= 4 is 33.5 Å². The lowest BCUT2D eigenvalue weighted by Gasteiger charge is -2.24. The zero-order valence-electron chi connectivity index (χ0n) is 20.0. The van der Waals surface area contributed by atoms with E-state index >= 15 is 0 Å². The second-order valence-corrected chi connectivity index (χ2v) is 10.4. The van der Waals surface area contributed by atoms with Gasteiger partial charge in [-0.15, -0.1) is 0 Å². The Kier molecular flexibility index (Phi) is 7.41. The van der Waals surface area contributed by atoms with E-state index < -0.39 is 0 Å². The van der Waals surface area contributed by atoms with Crippen LogP contribution in [0, 0.1) is 0 Å². The van der Waals surface area contributed by atoms with Crippen LogP contribution in [0.2, 0.25) is 0 Å². The Bertz CT molecular complexity index is 1180. The Morgan fingerprint density at radius 3 is 2.71 bits per heavy atom. The zero-order chi connectivity index (χ0) is 24.2. The number of carbonyl (C=O) groups excluding carboxylic acids is 1. The fraction of sp³-hybridized carbons (Fsp3) is 0.370. The number of anilines is 2. The van der Waals surface area contributed by atoms with Crippen molar-refractivity contribution in [1.29, 1.82) is 0 Å². The Morgan fingerprint density at radius 2 is 1.86 bits per heavy atom. The minimum Gasteiger partial charge on any atom is -0.355 e. The highest BCUT2D eigenvalue weighted by molar-refractivity contribution is 9.10. The van der Waals surface area contributed by atoms with Gasteiger partial charge in [0.05, 0.1) is 11.7 Å². The predicted octanol–water partition coefficient (Wildman–Crippen LogP) is 4.57. The predicted molar refractivity (Wildman–Crippen MR) is 142 cm³/mol. The van der Waals surface area contributed by atoms with Gasteiger partial charge in [-0.05, 0) is 74.8 Å². The molecular formula is C27H31BrN6O. The Labute approximate surface area is 215 Å². The van der Waals surface area contributed by atoms with Gasteiger partial charge in [-0.3, -0.25) is 9.69 Å². The van der Waals surface area contributed by atoms with E-state index in [0.29, 0.717) is 12.5 Å². The molecule has 0 spiro atoms. The first-order valence-electron chi connectivity index (χ1n) is 12.2. The molecule has 182 valence electrons. The van der Waals surface area contributed by atoms with E-state index in [0.717, 1.165) is 72.4 Å². The van der Waals surface area contributed by atoms with E-state index in [-0.39, 0.29) is 11.9 Å². The maximum atomic E-state index is 13.0. The summed E-state index contributed by atoms with van der Waals surface area (Å²) in [7, 11) is 2.12. The van der Waals surface area contributed by atoms with E-state index in [2.05, 4.69) is 84.8 Å². The van der Waals surface area contributed by atoms with E-state index in [9.17, 15) is 4.79 Å². The number of aromatic nitrogens is 2. The number of carbonyl (C=O) groups is 1. The fourth-order valence-electron chi connectivity index (χ4n) is 4.92. The van der Waals surface area contributed by atoms with Gasteiger partial charge in [0.1, 0.15) is 0 Å². The van der Waals surface area contributed by atoms with E-state index in [1.165, 1.54) is 5.56 Å². The lowest BCUT2D eigenvalue weighted by atomic mass is 10.1. The van der Waals surface area contributed by atoms with Gasteiger partial charge in [-0.1, -0.05) is 40.2 Å². The van der Waals surface area contributed by atoms with Gasteiger partial charge < -0.3 is 15.5 Å². The van der Waals surface area contributed by atoms with Gasteiger partial charge >= 0.3 is 0 Å². The van der Waals surface area contributed by atoms with Crippen molar-refractivity contribution in [3.8, 4) is 11.3 Å². The molecule has 1 aromatic heterocycles. The summed E-state index contributed by atoms with van der Waals surface area (Å²) in [4.78, 5) is 26.7. The lowest BCUT2D eigenvalue weighted by molar-refractivity contribution is -0.125. The summed E-state index contributed by atoms with van der Waals surface area (Å²) in [5, 5.41) is 6.54. The van der Waals surface area contributed by atoms with Gasteiger partial charge in [-0.2, -0.15) is 0 Å². The molecule has 3 aliphatic rings.